The number of hydrogen-bond acceptors (Lipinski definition) is 6. The average Bonchev–Trinajstić information content (AvgIpc) is 3.25. The lowest BCUT2D eigenvalue weighted by Crippen LogP contribution is -2.31. The minimum absolute atomic E-state index is 0.820. The first-order valence-corrected chi connectivity index (χ1v) is 9.09. The fourth-order valence-corrected chi connectivity index (χ4v) is 3.75. The second kappa shape index (κ2) is 7.11. The first-order valence-electron chi connectivity index (χ1n) is 8.21. The molecular formula is C17H20N6S. The summed E-state index contributed by atoms with van der Waals surface area (Å²) in [5, 5.41) is 7.56. The molecule has 1 aliphatic rings. The third-order valence-electron chi connectivity index (χ3n) is 4.26. The zero-order valence-electron chi connectivity index (χ0n) is 13.5. The van der Waals surface area contributed by atoms with Crippen molar-refractivity contribution in [3.8, 4) is 5.69 Å². The molecule has 6 nitrogen and oxygen atoms in total. The van der Waals surface area contributed by atoms with Crippen LogP contribution in [0.1, 0.15) is 12.2 Å². The Kier molecular flexibility index (Phi) is 4.53. The van der Waals surface area contributed by atoms with Crippen molar-refractivity contribution in [1.29, 1.82) is 0 Å². The van der Waals surface area contributed by atoms with E-state index in [2.05, 4.69) is 37.0 Å². The van der Waals surface area contributed by atoms with Gasteiger partial charge in [-0.2, -0.15) is 5.10 Å². The molecule has 0 spiro atoms. The van der Waals surface area contributed by atoms with E-state index in [1.807, 2.05) is 34.5 Å². The minimum Gasteiger partial charge on any atom is -0.347 e. The molecule has 0 radical (unpaired) electrons. The van der Waals surface area contributed by atoms with Gasteiger partial charge in [0.15, 0.2) is 5.13 Å². The van der Waals surface area contributed by atoms with Crippen molar-refractivity contribution in [2.45, 2.75) is 13.0 Å². The molecule has 124 valence electrons. The topological polar surface area (TPSA) is 50.1 Å². The average molecular weight is 340 g/mol. The lowest BCUT2D eigenvalue weighted by molar-refractivity contribution is 0.276. The van der Waals surface area contributed by atoms with E-state index in [-0.39, 0.29) is 0 Å². The van der Waals surface area contributed by atoms with Crippen LogP contribution in [0.3, 0.4) is 0 Å². The molecule has 1 fully saturated rings. The van der Waals surface area contributed by atoms with Crippen LogP contribution in [0.15, 0.2) is 48.2 Å². The number of rotatable bonds is 4. The molecule has 0 N–H and O–H groups in total. The smallest absolute Gasteiger partial charge is 0.185 e. The lowest BCUT2D eigenvalue weighted by Gasteiger charge is -2.21. The number of aromatic nitrogens is 4. The monoisotopic (exact) mass is 340 g/mol. The highest BCUT2D eigenvalue weighted by Gasteiger charge is 2.18. The van der Waals surface area contributed by atoms with Crippen molar-refractivity contribution in [1.82, 2.24) is 24.6 Å². The van der Waals surface area contributed by atoms with Gasteiger partial charge in [0.1, 0.15) is 12.2 Å². The Balaban J connectivity index is 1.44. The number of benzene rings is 1. The van der Waals surface area contributed by atoms with Crippen molar-refractivity contribution in [3.63, 3.8) is 0 Å². The number of hydrogen-bond donors (Lipinski definition) is 0. The fourth-order valence-electron chi connectivity index (χ4n) is 3.05. The normalized spacial score (nSPS) is 16.2. The van der Waals surface area contributed by atoms with Crippen LogP contribution in [0.25, 0.3) is 5.69 Å². The third kappa shape index (κ3) is 3.32. The fraction of sp³-hybridized carbons (Fsp3) is 0.353. The molecular weight excluding hydrogens is 320 g/mol. The van der Waals surface area contributed by atoms with E-state index in [0.717, 1.165) is 55.8 Å². The molecule has 24 heavy (non-hydrogen) atoms. The van der Waals surface area contributed by atoms with Crippen molar-refractivity contribution in [2.24, 2.45) is 0 Å². The number of nitrogens with zero attached hydrogens (tertiary/aromatic N) is 6. The maximum absolute atomic E-state index is 4.47. The molecule has 1 saturated heterocycles. The summed E-state index contributed by atoms with van der Waals surface area (Å²) >= 11 is 1.71. The van der Waals surface area contributed by atoms with E-state index in [1.165, 1.54) is 0 Å². The maximum Gasteiger partial charge on any atom is 0.185 e. The van der Waals surface area contributed by atoms with Gasteiger partial charge in [-0.3, -0.25) is 4.90 Å². The summed E-state index contributed by atoms with van der Waals surface area (Å²) in [5.74, 6) is 0.990. The summed E-state index contributed by atoms with van der Waals surface area (Å²) in [6.07, 6.45) is 4.66. The zero-order chi connectivity index (χ0) is 16.2. The largest absolute Gasteiger partial charge is 0.347 e. The number of para-hydroxylation sites is 1. The minimum atomic E-state index is 0.820. The number of anilines is 1. The van der Waals surface area contributed by atoms with Gasteiger partial charge in [0.25, 0.3) is 0 Å². The van der Waals surface area contributed by atoms with E-state index in [1.54, 1.807) is 17.7 Å². The van der Waals surface area contributed by atoms with E-state index < -0.39 is 0 Å². The highest BCUT2D eigenvalue weighted by atomic mass is 32.1. The van der Waals surface area contributed by atoms with Crippen LogP contribution >= 0.6 is 11.3 Å². The van der Waals surface area contributed by atoms with Gasteiger partial charge in [-0.05, 0) is 18.6 Å². The highest BCUT2D eigenvalue weighted by Crippen LogP contribution is 2.19. The van der Waals surface area contributed by atoms with E-state index in [9.17, 15) is 0 Å². The molecule has 2 aromatic heterocycles. The van der Waals surface area contributed by atoms with Gasteiger partial charge in [0.05, 0.1) is 12.2 Å². The second-order valence-electron chi connectivity index (χ2n) is 5.86. The van der Waals surface area contributed by atoms with Gasteiger partial charge in [-0.1, -0.05) is 18.2 Å². The molecule has 1 aliphatic heterocycles. The van der Waals surface area contributed by atoms with Gasteiger partial charge in [0.2, 0.25) is 0 Å². The van der Waals surface area contributed by atoms with Gasteiger partial charge < -0.3 is 4.90 Å². The van der Waals surface area contributed by atoms with Crippen LogP contribution in [0.2, 0.25) is 0 Å². The molecule has 3 aromatic rings. The first kappa shape index (κ1) is 15.3. The summed E-state index contributed by atoms with van der Waals surface area (Å²) in [6.45, 7) is 4.98. The van der Waals surface area contributed by atoms with Gasteiger partial charge in [-0.25, -0.2) is 14.6 Å². The summed E-state index contributed by atoms with van der Waals surface area (Å²) < 4.78 is 1.93. The summed E-state index contributed by atoms with van der Waals surface area (Å²) in [7, 11) is 0. The Hall–Kier alpha value is -2.25. The Morgan fingerprint density at radius 1 is 1.00 bits per heavy atom. The Morgan fingerprint density at radius 2 is 1.92 bits per heavy atom. The van der Waals surface area contributed by atoms with Crippen LogP contribution in [0, 0.1) is 0 Å². The Bertz CT molecular complexity index is 755. The van der Waals surface area contributed by atoms with E-state index >= 15 is 0 Å². The zero-order valence-corrected chi connectivity index (χ0v) is 14.3. The quantitative estimate of drug-likeness (QED) is 0.730. The molecule has 1 aromatic carbocycles. The Labute approximate surface area is 145 Å². The molecule has 4 rings (SSSR count). The Morgan fingerprint density at radius 3 is 2.75 bits per heavy atom. The SMILES string of the molecule is c1ccc(-n2ncnc2CN2CCCN(c3nccs3)CC2)cc1. The second-order valence-corrected chi connectivity index (χ2v) is 6.73. The van der Waals surface area contributed by atoms with Crippen LogP contribution in [-0.2, 0) is 6.54 Å². The first-order chi connectivity index (χ1) is 11.9. The third-order valence-corrected chi connectivity index (χ3v) is 5.09. The predicted octanol–water partition coefficient (Wildman–Crippen LogP) is 2.44. The summed E-state index contributed by atoms with van der Waals surface area (Å²) in [5.41, 5.74) is 1.06. The van der Waals surface area contributed by atoms with Crippen LogP contribution < -0.4 is 4.90 Å². The molecule has 7 heteroatoms. The van der Waals surface area contributed by atoms with Crippen LogP contribution in [0.4, 0.5) is 5.13 Å². The van der Waals surface area contributed by atoms with Gasteiger partial charge in [0, 0.05) is 37.8 Å². The molecule has 0 unspecified atom stereocenters. The van der Waals surface area contributed by atoms with Gasteiger partial charge in [-0.15, -0.1) is 11.3 Å². The molecule has 3 heterocycles. The maximum atomic E-state index is 4.47. The molecule has 0 bridgehead atoms. The predicted molar refractivity (Wildman–Crippen MR) is 95.6 cm³/mol. The van der Waals surface area contributed by atoms with Crippen LogP contribution in [0.5, 0.6) is 0 Å². The lowest BCUT2D eigenvalue weighted by atomic mass is 10.3. The highest BCUT2D eigenvalue weighted by molar-refractivity contribution is 7.13. The summed E-state index contributed by atoms with van der Waals surface area (Å²) in [4.78, 5) is 13.7. The molecule has 0 amide bonds. The van der Waals surface area contributed by atoms with Crippen molar-refractivity contribution in [3.05, 3.63) is 54.1 Å². The number of thiazole rings is 1. The molecule has 0 saturated carbocycles. The van der Waals surface area contributed by atoms with Gasteiger partial charge >= 0.3 is 0 Å². The summed E-state index contributed by atoms with van der Waals surface area (Å²) in [6, 6.07) is 10.2. The van der Waals surface area contributed by atoms with Crippen LogP contribution in [-0.4, -0.2) is 50.8 Å². The van der Waals surface area contributed by atoms with Crippen molar-refractivity contribution in [2.75, 3.05) is 31.1 Å². The standard InChI is InChI=1S/C17H20N6S/c1-2-5-15(6-3-1)23-16(19-14-20-23)13-21-8-4-9-22(11-10-21)17-18-7-12-24-17/h1-3,5-7,12,14H,4,8-11,13H2. The molecule has 0 atom stereocenters. The van der Waals surface area contributed by atoms with Crippen molar-refractivity contribution < 1.29 is 0 Å². The van der Waals surface area contributed by atoms with E-state index in [4.69, 9.17) is 0 Å². The van der Waals surface area contributed by atoms with Crippen molar-refractivity contribution >= 4 is 16.5 Å². The molecule has 0 aliphatic carbocycles. The van der Waals surface area contributed by atoms with E-state index in [0.29, 0.717) is 0 Å².